The Bertz CT molecular complexity index is 1620. The zero-order valence-corrected chi connectivity index (χ0v) is 31.6. The van der Waals surface area contributed by atoms with Gasteiger partial charge in [-0.15, -0.1) is 0 Å². The predicted molar refractivity (Wildman–Crippen MR) is 185 cm³/mol. The Morgan fingerprint density at radius 1 is 1.04 bits per heavy atom. The van der Waals surface area contributed by atoms with Gasteiger partial charge in [0, 0.05) is 20.7 Å². The highest BCUT2D eigenvalue weighted by Crippen LogP contribution is 2.42. The van der Waals surface area contributed by atoms with Gasteiger partial charge < -0.3 is 28.5 Å². The number of phenolic OH excluding ortho intramolecular Hbond substituents is 1. The van der Waals surface area contributed by atoms with Gasteiger partial charge in [0.15, 0.2) is 20.1 Å². The maximum Gasteiger partial charge on any atom is 0.301 e. The molecule has 0 spiro atoms. The zero-order chi connectivity index (χ0) is 33.9. The molecule has 5 atom stereocenters. The van der Waals surface area contributed by atoms with Crippen molar-refractivity contribution >= 4 is 39.2 Å². The van der Waals surface area contributed by atoms with E-state index in [2.05, 4.69) is 53.5 Å². The Labute approximate surface area is 284 Å². The number of imidazole rings is 1. The zero-order valence-electron chi connectivity index (χ0n) is 28.9. The number of hydrogen-bond acceptors (Lipinski definition) is 8. The number of aryl methyl sites for hydroxylation is 1. The fourth-order valence-corrected chi connectivity index (χ4v) is 8.77. The number of phenols is 1. The van der Waals surface area contributed by atoms with Gasteiger partial charge in [-0.05, 0) is 72.6 Å². The van der Waals surface area contributed by atoms with Crippen LogP contribution in [0.15, 0.2) is 18.2 Å². The fourth-order valence-electron chi connectivity index (χ4n) is 6.48. The summed E-state index contributed by atoms with van der Waals surface area (Å²) in [5, 5.41) is 10.4. The van der Waals surface area contributed by atoms with Gasteiger partial charge in [-0.25, -0.2) is 9.37 Å². The van der Waals surface area contributed by atoms with Crippen molar-refractivity contribution < 1.29 is 32.9 Å². The molecule has 0 radical (unpaired) electrons. The largest absolute Gasteiger partial charge is 0.508 e. The Morgan fingerprint density at radius 2 is 1.74 bits per heavy atom. The Kier molecular flexibility index (Phi) is 9.62. The number of pyridine rings is 1. The van der Waals surface area contributed by atoms with Gasteiger partial charge in [-0.2, -0.15) is 4.98 Å². The molecule has 47 heavy (non-hydrogen) atoms. The lowest BCUT2D eigenvalue weighted by molar-refractivity contribution is 0.00687. The minimum absolute atomic E-state index is 0.0503. The van der Waals surface area contributed by atoms with Crippen LogP contribution in [0.4, 0.5) is 4.39 Å². The van der Waals surface area contributed by atoms with Crippen molar-refractivity contribution in [2.24, 2.45) is 0 Å². The maximum absolute atomic E-state index is 14.9. The standard InChI is InChI=1S/C34H49ClFN3O6Si2/c1-34(2,3)47(7,8)45-28-18-43-30-27(17-42-31(28)30)44-33-38-26-16-23(35)25(37-32(26)39(33)19-41-11-12-46(4,5)6)14-21-10-9-20-13-22(40)15-24(36)29(20)21/h13,15-16,21,27-28,30-31,40H,9-12,14,17-19H2,1-8H3/t21?,27-,28-,30-,31-/m1/s1. The van der Waals surface area contributed by atoms with E-state index in [1.54, 1.807) is 12.1 Å². The van der Waals surface area contributed by atoms with Crippen LogP contribution in [0.3, 0.4) is 0 Å². The van der Waals surface area contributed by atoms with Crippen molar-refractivity contribution in [2.75, 3.05) is 19.8 Å². The predicted octanol–water partition coefficient (Wildman–Crippen LogP) is 7.45. The van der Waals surface area contributed by atoms with E-state index < -0.39 is 16.4 Å². The third-order valence-electron chi connectivity index (χ3n) is 10.2. The van der Waals surface area contributed by atoms with E-state index in [1.165, 1.54) is 6.07 Å². The molecule has 2 saturated heterocycles. The lowest BCUT2D eigenvalue weighted by atomic mass is 9.95. The Balaban J connectivity index is 1.25. The smallest absolute Gasteiger partial charge is 0.301 e. The molecule has 2 aromatic heterocycles. The van der Waals surface area contributed by atoms with E-state index in [-0.39, 0.29) is 53.7 Å². The summed E-state index contributed by atoms with van der Waals surface area (Å²) in [5.74, 6) is -0.535. The number of ether oxygens (including phenoxy) is 4. The highest BCUT2D eigenvalue weighted by atomic mass is 35.5. The molecule has 3 aliphatic rings. The first-order chi connectivity index (χ1) is 22.0. The molecule has 0 amide bonds. The SMILES string of the molecule is CC(C)(C)[Si](C)(C)O[C@@H]1CO[C@H]2[C@@H]1OC[C@H]2Oc1nc2cc(Cl)c(CC3CCc4cc(O)cc(F)c43)nc2n1COCC[Si](C)(C)C. The average molecular weight is 706 g/mol. The van der Waals surface area contributed by atoms with Gasteiger partial charge in [0.2, 0.25) is 0 Å². The number of fused-ring (bicyclic) bond motifs is 3. The van der Waals surface area contributed by atoms with Gasteiger partial charge in [-0.3, -0.25) is 4.57 Å². The molecular formula is C34H49ClFN3O6Si2. The minimum Gasteiger partial charge on any atom is -0.508 e. The van der Waals surface area contributed by atoms with Crippen LogP contribution in [-0.2, 0) is 38.2 Å². The Hall–Kier alpha value is -2.07. The van der Waals surface area contributed by atoms with Gasteiger partial charge in [-0.1, -0.05) is 52.0 Å². The molecule has 4 heterocycles. The molecule has 0 saturated carbocycles. The quantitative estimate of drug-likeness (QED) is 0.162. The van der Waals surface area contributed by atoms with Crippen LogP contribution < -0.4 is 4.74 Å². The first kappa shape index (κ1) is 34.8. The number of benzene rings is 1. The molecule has 0 bridgehead atoms. The van der Waals surface area contributed by atoms with Crippen molar-refractivity contribution in [1.29, 1.82) is 0 Å². The summed E-state index contributed by atoms with van der Waals surface area (Å²) in [5.41, 5.74) is 3.32. The van der Waals surface area contributed by atoms with Crippen LogP contribution in [0.1, 0.15) is 49.9 Å². The molecule has 13 heteroatoms. The summed E-state index contributed by atoms with van der Waals surface area (Å²) in [6.45, 7) is 19.8. The summed E-state index contributed by atoms with van der Waals surface area (Å²) in [4.78, 5) is 9.81. The van der Waals surface area contributed by atoms with Crippen LogP contribution >= 0.6 is 11.6 Å². The molecule has 1 unspecified atom stereocenters. The topological polar surface area (TPSA) is 97.1 Å². The summed E-state index contributed by atoms with van der Waals surface area (Å²) < 4.78 is 48.7. The summed E-state index contributed by atoms with van der Waals surface area (Å²) in [7, 11) is -3.33. The molecule has 6 rings (SSSR count). The fraction of sp³-hybridized carbons (Fsp3) is 0.647. The lowest BCUT2D eigenvalue weighted by Gasteiger charge is -2.39. The average Bonchev–Trinajstić information content (AvgIpc) is 3.71. The van der Waals surface area contributed by atoms with Crippen LogP contribution in [0, 0.1) is 5.82 Å². The first-order valence-corrected chi connectivity index (χ1v) is 23.7. The van der Waals surface area contributed by atoms with Gasteiger partial charge in [0.25, 0.3) is 0 Å². The van der Waals surface area contributed by atoms with Crippen molar-refractivity contribution in [2.45, 2.75) is 121 Å². The molecule has 9 nitrogen and oxygen atoms in total. The normalized spacial score (nSPS) is 24.7. The monoisotopic (exact) mass is 705 g/mol. The second-order valence-corrected chi connectivity index (χ2v) is 26.8. The molecule has 1 aliphatic carbocycles. The van der Waals surface area contributed by atoms with E-state index in [4.69, 9.17) is 44.9 Å². The van der Waals surface area contributed by atoms with E-state index >= 15 is 0 Å². The van der Waals surface area contributed by atoms with Crippen LogP contribution in [0.25, 0.3) is 11.2 Å². The molecule has 1 N–H and O–H groups in total. The number of aromatic nitrogens is 3. The highest BCUT2D eigenvalue weighted by Gasteiger charge is 2.52. The number of halogens is 2. The second kappa shape index (κ2) is 13.0. The van der Waals surface area contributed by atoms with E-state index in [0.29, 0.717) is 66.1 Å². The Morgan fingerprint density at radius 3 is 2.45 bits per heavy atom. The van der Waals surface area contributed by atoms with Crippen molar-refractivity contribution in [3.8, 4) is 11.8 Å². The van der Waals surface area contributed by atoms with Gasteiger partial charge in [0.1, 0.15) is 36.0 Å². The van der Waals surface area contributed by atoms with E-state index in [0.717, 1.165) is 18.0 Å². The molecule has 2 aliphatic heterocycles. The van der Waals surface area contributed by atoms with Gasteiger partial charge >= 0.3 is 6.01 Å². The van der Waals surface area contributed by atoms with Crippen molar-refractivity contribution in [3.05, 3.63) is 45.9 Å². The van der Waals surface area contributed by atoms with Crippen LogP contribution in [0.5, 0.6) is 11.8 Å². The number of rotatable bonds is 11. The third-order valence-corrected chi connectivity index (χ3v) is 16.7. The summed E-state index contributed by atoms with van der Waals surface area (Å²) in [6.07, 6.45) is 0.895. The molecule has 2 fully saturated rings. The van der Waals surface area contributed by atoms with Crippen LogP contribution in [-0.4, -0.2) is 80.3 Å². The maximum atomic E-state index is 14.9. The highest BCUT2D eigenvalue weighted by molar-refractivity contribution is 6.76. The molecule has 1 aromatic carbocycles. The van der Waals surface area contributed by atoms with E-state index in [9.17, 15) is 9.50 Å². The van der Waals surface area contributed by atoms with Crippen molar-refractivity contribution in [1.82, 2.24) is 14.5 Å². The van der Waals surface area contributed by atoms with Crippen LogP contribution in [0.2, 0.25) is 48.8 Å². The van der Waals surface area contributed by atoms with Crippen molar-refractivity contribution in [3.63, 3.8) is 0 Å². The number of aromatic hydroxyl groups is 1. The molecular weight excluding hydrogens is 657 g/mol. The third kappa shape index (κ3) is 7.29. The van der Waals surface area contributed by atoms with Gasteiger partial charge in [0.05, 0.1) is 30.0 Å². The number of hydrogen-bond donors (Lipinski definition) is 1. The summed E-state index contributed by atoms with van der Waals surface area (Å²) >= 11 is 6.79. The number of nitrogens with zero attached hydrogens (tertiary/aromatic N) is 3. The van der Waals surface area contributed by atoms with E-state index in [1.807, 2.05) is 4.57 Å². The lowest BCUT2D eigenvalue weighted by Crippen LogP contribution is -2.47. The second-order valence-electron chi connectivity index (χ2n) is 16.0. The molecule has 3 aromatic rings. The first-order valence-electron chi connectivity index (χ1n) is 16.7. The minimum atomic E-state index is -2.02. The summed E-state index contributed by atoms with van der Waals surface area (Å²) in [6, 6.07) is 6.02. The molecule has 258 valence electrons.